The molecule has 0 aliphatic heterocycles. The van der Waals surface area contributed by atoms with Gasteiger partial charge in [-0.25, -0.2) is 9.78 Å². The van der Waals surface area contributed by atoms with Crippen molar-refractivity contribution in [3.05, 3.63) is 23.9 Å². The molecule has 0 aliphatic carbocycles. The number of hydrogen-bond donors (Lipinski definition) is 1. The summed E-state index contributed by atoms with van der Waals surface area (Å²) in [6, 6.07) is 5.40. The summed E-state index contributed by atoms with van der Waals surface area (Å²) in [6.45, 7) is 5.35. The van der Waals surface area contributed by atoms with Crippen LogP contribution in [0.15, 0.2) is 18.3 Å². The van der Waals surface area contributed by atoms with E-state index < -0.39 is 11.7 Å². The number of hydrogen-bond acceptors (Lipinski definition) is 4. The Bertz CT molecular complexity index is 444. The topological polar surface area (TPSA) is 75.0 Å². The SMILES string of the molecule is CC(C)(C)OC(=O)Nc1cc(CC#N)ccn1. The van der Waals surface area contributed by atoms with E-state index in [-0.39, 0.29) is 6.42 Å². The summed E-state index contributed by atoms with van der Waals surface area (Å²) in [5.74, 6) is 0.381. The third kappa shape index (κ3) is 4.98. The largest absolute Gasteiger partial charge is 0.444 e. The molecule has 0 unspecified atom stereocenters. The second kappa shape index (κ2) is 5.30. The van der Waals surface area contributed by atoms with E-state index in [2.05, 4.69) is 10.3 Å². The molecule has 0 aromatic carbocycles. The molecule has 90 valence electrons. The zero-order valence-corrected chi connectivity index (χ0v) is 10.2. The molecule has 1 N–H and O–H groups in total. The first-order valence-electron chi connectivity index (χ1n) is 5.22. The highest BCUT2D eigenvalue weighted by molar-refractivity contribution is 5.83. The van der Waals surface area contributed by atoms with E-state index in [0.717, 1.165) is 5.56 Å². The van der Waals surface area contributed by atoms with Crippen molar-refractivity contribution in [2.24, 2.45) is 0 Å². The van der Waals surface area contributed by atoms with Crippen molar-refractivity contribution in [2.75, 3.05) is 5.32 Å². The third-order valence-corrected chi connectivity index (χ3v) is 1.74. The number of nitriles is 1. The maximum atomic E-state index is 11.5. The Morgan fingerprint density at radius 2 is 2.29 bits per heavy atom. The molecule has 0 saturated heterocycles. The molecule has 0 bridgehead atoms. The van der Waals surface area contributed by atoms with E-state index >= 15 is 0 Å². The summed E-state index contributed by atoms with van der Waals surface area (Å²) in [7, 11) is 0. The fraction of sp³-hybridized carbons (Fsp3) is 0.417. The van der Waals surface area contributed by atoms with Crippen molar-refractivity contribution < 1.29 is 9.53 Å². The van der Waals surface area contributed by atoms with Crippen molar-refractivity contribution in [1.82, 2.24) is 4.98 Å². The number of aromatic nitrogens is 1. The van der Waals surface area contributed by atoms with Crippen LogP contribution in [0.4, 0.5) is 10.6 Å². The van der Waals surface area contributed by atoms with E-state index in [1.165, 1.54) is 0 Å². The summed E-state index contributed by atoms with van der Waals surface area (Å²) in [6.07, 6.45) is 1.27. The minimum Gasteiger partial charge on any atom is -0.444 e. The molecule has 1 rings (SSSR count). The first kappa shape index (κ1) is 13.0. The molecule has 17 heavy (non-hydrogen) atoms. The zero-order valence-electron chi connectivity index (χ0n) is 10.2. The Kier molecular flexibility index (Phi) is 4.05. The van der Waals surface area contributed by atoms with Crippen LogP contribution in [0.1, 0.15) is 26.3 Å². The number of nitrogens with one attached hydrogen (secondary N) is 1. The molecule has 1 aromatic rings. The monoisotopic (exact) mass is 233 g/mol. The molecule has 5 heteroatoms. The smallest absolute Gasteiger partial charge is 0.413 e. The molecule has 0 atom stereocenters. The number of nitrogens with zero attached hydrogens (tertiary/aromatic N) is 2. The van der Waals surface area contributed by atoms with Gasteiger partial charge in [-0.1, -0.05) is 0 Å². The van der Waals surface area contributed by atoms with Crippen LogP contribution in [0, 0.1) is 11.3 Å². The fourth-order valence-electron chi connectivity index (χ4n) is 1.15. The number of carbonyl (C=O) groups excluding carboxylic acids is 1. The normalized spacial score (nSPS) is 10.5. The zero-order chi connectivity index (χ0) is 12.9. The van der Waals surface area contributed by atoms with E-state index in [1.54, 1.807) is 39.1 Å². The molecule has 5 nitrogen and oxygen atoms in total. The maximum absolute atomic E-state index is 11.5. The first-order chi connectivity index (χ1) is 7.90. The van der Waals surface area contributed by atoms with Gasteiger partial charge in [0, 0.05) is 6.20 Å². The minimum atomic E-state index is -0.556. The number of ether oxygens (including phenoxy) is 1. The Morgan fingerprint density at radius 3 is 2.88 bits per heavy atom. The molecular weight excluding hydrogens is 218 g/mol. The average Bonchev–Trinajstić information content (AvgIpc) is 2.15. The standard InChI is InChI=1S/C12H15N3O2/c1-12(2,3)17-11(16)15-10-8-9(4-6-13)5-7-14-10/h5,7-8H,4H2,1-3H3,(H,14,15,16). The van der Waals surface area contributed by atoms with Gasteiger partial charge >= 0.3 is 6.09 Å². The maximum Gasteiger partial charge on any atom is 0.413 e. The molecule has 0 spiro atoms. The van der Waals surface area contributed by atoms with Crippen LogP contribution < -0.4 is 5.32 Å². The number of pyridine rings is 1. The third-order valence-electron chi connectivity index (χ3n) is 1.74. The van der Waals surface area contributed by atoms with Gasteiger partial charge in [-0.3, -0.25) is 5.32 Å². The number of rotatable bonds is 2. The molecule has 0 radical (unpaired) electrons. The quantitative estimate of drug-likeness (QED) is 0.851. The molecule has 0 saturated carbocycles. The van der Waals surface area contributed by atoms with Crippen LogP contribution in [-0.2, 0) is 11.2 Å². The molecule has 1 amide bonds. The van der Waals surface area contributed by atoms with Crippen LogP contribution in [0.2, 0.25) is 0 Å². The van der Waals surface area contributed by atoms with E-state index in [9.17, 15) is 4.79 Å². The van der Waals surface area contributed by atoms with Crippen LogP contribution in [0.3, 0.4) is 0 Å². The van der Waals surface area contributed by atoms with Crippen molar-refractivity contribution in [1.29, 1.82) is 5.26 Å². The van der Waals surface area contributed by atoms with Crippen molar-refractivity contribution >= 4 is 11.9 Å². The summed E-state index contributed by atoms with van der Waals surface area (Å²) >= 11 is 0. The minimum absolute atomic E-state index is 0.283. The number of anilines is 1. The highest BCUT2D eigenvalue weighted by Gasteiger charge is 2.16. The van der Waals surface area contributed by atoms with Crippen molar-refractivity contribution in [3.8, 4) is 6.07 Å². The van der Waals surface area contributed by atoms with E-state index in [4.69, 9.17) is 10.00 Å². The second-order valence-electron chi connectivity index (χ2n) is 4.51. The van der Waals surface area contributed by atoms with Crippen LogP contribution in [0.25, 0.3) is 0 Å². The molecular formula is C12H15N3O2. The molecule has 0 aliphatic rings. The van der Waals surface area contributed by atoms with Crippen LogP contribution in [0.5, 0.6) is 0 Å². The van der Waals surface area contributed by atoms with Gasteiger partial charge in [0.05, 0.1) is 12.5 Å². The van der Waals surface area contributed by atoms with Crippen LogP contribution in [-0.4, -0.2) is 16.7 Å². The van der Waals surface area contributed by atoms with Crippen molar-refractivity contribution in [3.63, 3.8) is 0 Å². The summed E-state index contributed by atoms with van der Waals surface area (Å²) < 4.78 is 5.09. The number of carbonyl (C=O) groups is 1. The Labute approximate surface area is 100 Å². The van der Waals surface area contributed by atoms with Gasteiger partial charge in [-0.05, 0) is 38.5 Å². The highest BCUT2D eigenvalue weighted by Crippen LogP contribution is 2.11. The summed E-state index contributed by atoms with van der Waals surface area (Å²) in [5, 5.41) is 11.1. The predicted molar refractivity (Wildman–Crippen MR) is 63.4 cm³/mol. The van der Waals surface area contributed by atoms with Gasteiger partial charge in [0.15, 0.2) is 0 Å². The number of amides is 1. The Hall–Kier alpha value is -2.09. The lowest BCUT2D eigenvalue weighted by Gasteiger charge is -2.19. The molecule has 0 fully saturated rings. The van der Waals surface area contributed by atoms with Gasteiger partial charge in [0.25, 0.3) is 0 Å². The Morgan fingerprint density at radius 1 is 1.59 bits per heavy atom. The van der Waals surface area contributed by atoms with Gasteiger partial charge in [0.1, 0.15) is 11.4 Å². The molecule has 1 aromatic heterocycles. The van der Waals surface area contributed by atoms with Crippen LogP contribution >= 0.6 is 0 Å². The molecule has 1 heterocycles. The average molecular weight is 233 g/mol. The van der Waals surface area contributed by atoms with E-state index in [1.807, 2.05) is 6.07 Å². The highest BCUT2D eigenvalue weighted by atomic mass is 16.6. The lowest BCUT2D eigenvalue weighted by molar-refractivity contribution is 0.0635. The summed E-state index contributed by atoms with van der Waals surface area (Å²) in [5.41, 5.74) is 0.252. The second-order valence-corrected chi connectivity index (χ2v) is 4.51. The van der Waals surface area contributed by atoms with Gasteiger partial charge in [-0.2, -0.15) is 5.26 Å². The van der Waals surface area contributed by atoms with Crippen molar-refractivity contribution in [2.45, 2.75) is 32.8 Å². The lowest BCUT2D eigenvalue weighted by atomic mass is 10.2. The first-order valence-corrected chi connectivity index (χ1v) is 5.22. The van der Waals surface area contributed by atoms with E-state index in [0.29, 0.717) is 5.82 Å². The van der Waals surface area contributed by atoms with Gasteiger partial charge in [0.2, 0.25) is 0 Å². The van der Waals surface area contributed by atoms with Gasteiger partial charge in [-0.15, -0.1) is 0 Å². The lowest BCUT2D eigenvalue weighted by Crippen LogP contribution is -2.27. The fourth-order valence-corrected chi connectivity index (χ4v) is 1.15. The Balaban J connectivity index is 2.66. The predicted octanol–water partition coefficient (Wildman–Crippen LogP) is 2.49. The van der Waals surface area contributed by atoms with Gasteiger partial charge < -0.3 is 4.74 Å². The summed E-state index contributed by atoms with van der Waals surface area (Å²) in [4.78, 5) is 15.4.